The minimum Gasteiger partial charge on any atom is -0.351 e. The van der Waals surface area contributed by atoms with Crippen LogP contribution < -0.4 is 0 Å². The molecule has 1 amide bonds. The van der Waals surface area contributed by atoms with Crippen molar-refractivity contribution in [2.24, 2.45) is 0 Å². The largest absolute Gasteiger partial charge is 0.416 e. The van der Waals surface area contributed by atoms with Crippen molar-refractivity contribution in [1.29, 1.82) is 0 Å². The molecule has 0 unspecified atom stereocenters. The normalized spacial score (nSPS) is 10.2. The number of alkyl halides is 4. The van der Waals surface area contributed by atoms with E-state index in [-0.39, 0.29) is 10.9 Å². The molecule has 17 heavy (non-hydrogen) atoms. The van der Waals surface area contributed by atoms with E-state index in [0.29, 0.717) is 0 Å². The van der Waals surface area contributed by atoms with Crippen molar-refractivity contribution in [3.8, 4) is 0 Å². The molecule has 0 heterocycles. The molecule has 0 atom stereocenters. The van der Waals surface area contributed by atoms with E-state index < -0.39 is 11.7 Å². The van der Waals surface area contributed by atoms with Crippen LogP contribution in [0.25, 0.3) is 0 Å². The van der Waals surface area contributed by atoms with E-state index in [4.69, 9.17) is 0 Å². The van der Waals surface area contributed by atoms with Gasteiger partial charge in [-0.15, -0.1) is 0 Å². The minimum atomic E-state index is -4.25. The standard InChI is InChI=1S/C8H6BrF3.C3H7NO/c9-5-6-3-1-2-4-7(6)8(10,11)12;1-4(2)3-5/h1-4H,5H2;3H,1-2H3. The Morgan fingerprint density at radius 2 is 1.76 bits per heavy atom. The number of carbonyl (C=O) groups excluding carboxylic acids is 1. The fourth-order valence-electron chi connectivity index (χ4n) is 0.913. The average molecular weight is 312 g/mol. The first-order valence-corrected chi connectivity index (χ1v) is 5.77. The summed E-state index contributed by atoms with van der Waals surface area (Å²) in [4.78, 5) is 10.9. The summed E-state index contributed by atoms with van der Waals surface area (Å²) in [6.45, 7) is 0. The highest BCUT2D eigenvalue weighted by molar-refractivity contribution is 9.08. The lowest BCUT2D eigenvalue weighted by Crippen LogP contribution is -2.07. The molecule has 0 saturated heterocycles. The van der Waals surface area contributed by atoms with Crippen LogP contribution >= 0.6 is 15.9 Å². The molecule has 0 bridgehead atoms. The molecule has 0 fully saturated rings. The van der Waals surface area contributed by atoms with E-state index in [9.17, 15) is 18.0 Å². The second-order valence-corrected chi connectivity index (χ2v) is 3.92. The van der Waals surface area contributed by atoms with Gasteiger partial charge in [0, 0.05) is 19.4 Å². The van der Waals surface area contributed by atoms with Crippen LogP contribution in [0, 0.1) is 0 Å². The van der Waals surface area contributed by atoms with E-state index in [2.05, 4.69) is 15.9 Å². The molecule has 0 radical (unpaired) electrons. The summed E-state index contributed by atoms with van der Waals surface area (Å²) in [7, 11) is 3.38. The van der Waals surface area contributed by atoms with E-state index >= 15 is 0 Å². The van der Waals surface area contributed by atoms with Gasteiger partial charge in [0.25, 0.3) is 0 Å². The highest BCUT2D eigenvalue weighted by Crippen LogP contribution is 2.32. The second kappa shape index (κ2) is 7.32. The third kappa shape index (κ3) is 6.31. The molecule has 0 saturated carbocycles. The molecule has 1 aromatic rings. The van der Waals surface area contributed by atoms with Crippen LogP contribution in [0.3, 0.4) is 0 Å². The van der Waals surface area contributed by atoms with Crippen LogP contribution in [0.4, 0.5) is 13.2 Å². The Morgan fingerprint density at radius 1 is 1.29 bits per heavy atom. The smallest absolute Gasteiger partial charge is 0.351 e. The molecule has 0 spiro atoms. The summed E-state index contributed by atoms with van der Waals surface area (Å²) in [5.74, 6) is 0. The van der Waals surface area contributed by atoms with Crippen LogP contribution in [0.1, 0.15) is 11.1 Å². The average Bonchev–Trinajstić information content (AvgIpc) is 2.28. The summed E-state index contributed by atoms with van der Waals surface area (Å²) < 4.78 is 36.6. The fraction of sp³-hybridized carbons (Fsp3) is 0.364. The van der Waals surface area contributed by atoms with Crippen LogP contribution in [-0.2, 0) is 16.3 Å². The zero-order chi connectivity index (χ0) is 13.5. The number of carbonyl (C=O) groups is 1. The lowest BCUT2D eigenvalue weighted by molar-refractivity contribution is -0.138. The number of hydrogen-bond donors (Lipinski definition) is 0. The molecule has 96 valence electrons. The predicted molar refractivity (Wildman–Crippen MR) is 63.8 cm³/mol. The Balaban J connectivity index is 0.000000437. The van der Waals surface area contributed by atoms with Crippen molar-refractivity contribution in [3.63, 3.8) is 0 Å². The molecule has 0 aliphatic carbocycles. The van der Waals surface area contributed by atoms with Gasteiger partial charge in [-0.05, 0) is 11.6 Å². The lowest BCUT2D eigenvalue weighted by atomic mass is 10.1. The highest BCUT2D eigenvalue weighted by atomic mass is 79.9. The maximum absolute atomic E-state index is 12.2. The van der Waals surface area contributed by atoms with Crippen molar-refractivity contribution in [2.75, 3.05) is 14.1 Å². The summed E-state index contributed by atoms with van der Waals surface area (Å²) >= 11 is 3.00. The molecule has 1 aromatic carbocycles. The van der Waals surface area contributed by atoms with E-state index in [1.54, 1.807) is 20.2 Å². The van der Waals surface area contributed by atoms with Gasteiger partial charge in [-0.2, -0.15) is 13.2 Å². The number of hydrogen-bond acceptors (Lipinski definition) is 1. The number of benzene rings is 1. The van der Waals surface area contributed by atoms with Crippen molar-refractivity contribution < 1.29 is 18.0 Å². The topological polar surface area (TPSA) is 20.3 Å². The SMILES string of the molecule is CN(C)C=O.FC(F)(F)c1ccccc1CBr. The number of nitrogens with zero attached hydrogens (tertiary/aromatic N) is 1. The third-order valence-electron chi connectivity index (χ3n) is 1.68. The first kappa shape index (κ1) is 16.0. The Kier molecular flexibility index (Phi) is 6.87. The predicted octanol–water partition coefficient (Wildman–Crippen LogP) is 3.30. The molecule has 0 aliphatic heterocycles. The molecule has 2 nitrogen and oxygen atoms in total. The number of amides is 1. The summed E-state index contributed by atoms with van der Waals surface area (Å²) in [6, 6.07) is 5.51. The monoisotopic (exact) mass is 311 g/mol. The van der Waals surface area contributed by atoms with E-state index in [1.807, 2.05) is 0 Å². The molecule has 6 heteroatoms. The molecule has 0 aromatic heterocycles. The van der Waals surface area contributed by atoms with E-state index in [1.165, 1.54) is 17.0 Å². The van der Waals surface area contributed by atoms with Gasteiger partial charge in [-0.3, -0.25) is 4.79 Å². The minimum absolute atomic E-state index is 0.225. The van der Waals surface area contributed by atoms with Gasteiger partial charge in [-0.25, -0.2) is 0 Å². The van der Waals surface area contributed by atoms with Crippen molar-refractivity contribution >= 4 is 22.3 Å². The Morgan fingerprint density at radius 3 is 2.06 bits per heavy atom. The molecule has 0 aliphatic rings. The lowest BCUT2D eigenvalue weighted by Gasteiger charge is -2.09. The van der Waals surface area contributed by atoms with Gasteiger partial charge in [-0.1, -0.05) is 34.1 Å². The summed E-state index contributed by atoms with van der Waals surface area (Å²) in [5, 5.41) is 0.225. The van der Waals surface area contributed by atoms with Crippen LogP contribution in [0.2, 0.25) is 0 Å². The zero-order valence-electron chi connectivity index (χ0n) is 9.46. The zero-order valence-corrected chi connectivity index (χ0v) is 11.0. The van der Waals surface area contributed by atoms with Crippen LogP contribution in [0.15, 0.2) is 24.3 Å². The van der Waals surface area contributed by atoms with Crippen LogP contribution in [-0.4, -0.2) is 25.4 Å². The Bertz CT molecular complexity index is 353. The third-order valence-corrected chi connectivity index (χ3v) is 2.28. The van der Waals surface area contributed by atoms with Gasteiger partial charge in [0.15, 0.2) is 0 Å². The van der Waals surface area contributed by atoms with Crippen molar-refractivity contribution in [3.05, 3.63) is 35.4 Å². The van der Waals surface area contributed by atoms with Gasteiger partial charge >= 0.3 is 6.18 Å². The molecular formula is C11H13BrF3NO. The maximum atomic E-state index is 12.2. The quantitative estimate of drug-likeness (QED) is 0.606. The van der Waals surface area contributed by atoms with Gasteiger partial charge in [0.2, 0.25) is 6.41 Å². The van der Waals surface area contributed by atoms with Gasteiger partial charge in [0.1, 0.15) is 0 Å². The molecular weight excluding hydrogens is 299 g/mol. The molecule has 1 rings (SSSR count). The summed E-state index contributed by atoms with van der Waals surface area (Å²) in [5.41, 5.74) is -0.299. The second-order valence-electron chi connectivity index (χ2n) is 3.36. The fourth-order valence-corrected chi connectivity index (χ4v) is 1.40. The Labute approximate surface area is 107 Å². The van der Waals surface area contributed by atoms with Crippen molar-refractivity contribution in [2.45, 2.75) is 11.5 Å². The van der Waals surface area contributed by atoms with E-state index in [0.717, 1.165) is 12.5 Å². The van der Waals surface area contributed by atoms with Crippen LogP contribution in [0.5, 0.6) is 0 Å². The van der Waals surface area contributed by atoms with Crippen molar-refractivity contribution in [1.82, 2.24) is 4.90 Å². The summed E-state index contributed by atoms with van der Waals surface area (Å²) in [6.07, 6.45) is -3.50. The van der Waals surface area contributed by atoms with Gasteiger partial charge in [0.05, 0.1) is 5.56 Å². The maximum Gasteiger partial charge on any atom is 0.416 e. The highest BCUT2D eigenvalue weighted by Gasteiger charge is 2.32. The number of halogens is 4. The first-order chi connectivity index (χ1) is 7.82. The first-order valence-electron chi connectivity index (χ1n) is 4.65. The molecule has 0 N–H and O–H groups in total. The van der Waals surface area contributed by atoms with Gasteiger partial charge < -0.3 is 4.90 Å². The Hall–Kier alpha value is -1.04. The number of rotatable bonds is 2.